The van der Waals surface area contributed by atoms with E-state index in [4.69, 9.17) is 5.11 Å². The standard InChI is InChI=1S/C9H11NO3/c1-9(13)3-5-2-6(8(11)12)10-7(5)4-9/h2,10,13H,3-4H2,1H3,(H,11,12). The summed E-state index contributed by atoms with van der Waals surface area (Å²) in [5.74, 6) is -0.950. The van der Waals surface area contributed by atoms with Gasteiger partial charge in [0.1, 0.15) is 5.69 Å². The zero-order chi connectivity index (χ0) is 9.64. The SMILES string of the molecule is CC1(O)Cc2cc(C(=O)O)[nH]c2C1. The third-order valence-corrected chi connectivity index (χ3v) is 2.35. The van der Waals surface area contributed by atoms with Crippen LogP contribution in [0.4, 0.5) is 0 Å². The van der Waals surface area contributed by atoms with Crippen molar-refractivity contribution >= 4 is 5.97 Å². The first-order chi connectivity index (χ1) is 5.98. The van der Waals surface area contributed by atoms with Gasteiger partial charge in [0.25, 0.3) is 0 Å². The zero-order valence-electron chi connectivity index (χ0n) is 7.29. The number of hydrogen-bond donors (Lipinski definition) is 3. The van der Waals surface area contributed by atoms with Gasteiger partial charge in [-0.15, -0.1) is 0 Å². The Hall–Kier alpha value is -1.29. The van der Waals surface area contributed by atoms with E-state index >= 15 is 0 Å². The molecule has 0 radical (unpaired) electrons. The molecule has 1 aliphatic rings. The second kappa shape index (κ2) is 2.35. The van der Waals surface area contributed by atoms with Gasteiger partial charge in [0.15, 0.2) is 0 Å². The van der Waals surface area contributed by atoms with Crippen molar-refractivity contribution in [1.82, 2.24) is 4.98 Å². The first-order valence-corrected chi connectivity index (χ1v) is 4.14. The summed E-state index contributed by atoms with van der Waals surface area (Å²) in [6.07, 6.45) is 1.04. The van der Waals surface area contributed by atoms with Gasteiger partial charge in [-0.25, -0.2) is 4.79 Å². The number of rotatable bonds is 1. The highest BCUT2D eigenvalue weighted by atomic mass is 16.4. The van der Waals surface area contributed by atoms with Gasteiger partial charge in [0.05, 0.1) is 5.60 Å². The van der Waals surface area contributed by atoms with Gasteiger partial charge in [-0.1, -0.05) is 0 Å². The molecule has 1 heterocycles. The van der Waals surface area contributed by atoms with Gasteiger partial charge in [-0.3, -0.25) is 0 Å². The van der Waals surface area contributed by atoms with Crippen molar-refractivity contribution in [3.63, 3.8) is 0 Å². The van der Waals surface area contributed by atoms with E-state index in [9.17, 15) is 9.90 Å². The number of carbonyl (C=O) groups is 1. The summed E-state index contributed by atoms with van der Waals surface area (Å²) in [7, 11) is 0. The zero-order valence-corrected chi connectivity index (χ0v) is 7.29. The fourth-order valence-electron chi connectivity index (χ4n) is 1.82. The minimum absolute atomic E-state index is 0.209. The van der Waals surface area contributed by atoms with Crippen LogP contribution < -0.4 is 0 Å². The number of carboxylic acid groups (broad SMARTS) is 1. The molecular formula is C9H11NO3. The van der Waals surface area contributed by atoms with Crippen LogP contribution in [-0.4, -0.2) is 26.8 Å². The third-order valence-electron chi connectivity index (χ3n) is 2.35. The van der Waals surface area contributed by atoms with Gasteiger partial charge >= 0.3 is 5.97 Å². The molecule has 0 fully saturated rings. The predicted octanol–water partition coefficient (Wildman–Crippen LogP) is 0.562. The Kier molecular flexibility index (Phi) is 1.51. The fourth-order valence-corrected chi connectivity index (χ4v) is 1.82. The largest absolute Gasteiger partial charge is 0.477 e. The van der Waals surface area contributed by atoms with E-state index in [2.05, 4.69) is 4.98 Å². The van der Waals surface area contributed by atoms with Gasteiger partial charge < -0.3 is 15.2 Å². The molecule has 0 aromatic carbocycles. The van der Waals surface area contributed by atoms with E-state index in [0.29, 0.717) is 12.8 Å². The minimum Gasteiger partial charge on any atom is -0.477 e. The number of fused-ring (bicyclic) bond motifs is 1. The van der Waals surface area contributed by atoms with Crippen molar-refractivity contribution in [1.29, 1.82) is 0 Å². The highest BCUT2D eigenvalue weighted by Crippen LogP contribution is 2.29. The van der Waals surface area contributed by atoms with Crippen LogP contribution in [0.25, 0.3) is 0 Å². The number of aliphatic hydroxyl groups is 1. The normalized spacial score (nSPS) is 26.0. The molecular weight excluding hydrogens is 170 g/mol. The second-order valence-corrected chi connectivity index (χ2v) is 3.84. The molecule has 0 saturated carbocycles. The van der Waals surface area contributed by atoms with E-state index in [1.807, 2.05) is 0 Å². The number of hydrogen-bond acceptors (Lipinski definition) is 2. The summed E-state index contributed by atoms with van der Waals surface area (Å²) in [6.45, 7) is 1.75. The highest BCUT2D eigenvalue weighted by molar-refractivity contribution is 5.86. The van der Waals surface area contributed by atoms with Crippen molar-refractivity contribution in [2.24, 2.45) is 0 Å². The van der Waals surface area contributed by atoms with Crippen LogP contribution >= 0.6 is 0 Å². The lowest BCUT2D eigenvalue weighted by atomic mass is 10.0. The maximum absolute atomic E-state index is 10.6. The van der Waals surface area contributed by atoms with E-state index in [1.165, 1.54) is 0 Å². The molecule has 4 nitrogen and oxygen atoms in total. The summed E-state index contributed by atoms with van der Waals surface area (Å²) in [6, 6.07) is 1.60. The topological polar surface area (TPSA) is 73.3 Å². The Balaban J connectivity index is 2.34. The Labute approximate surface area is 75.2 Å². The van der Waals surface area contributed by atoms with E-state index in [-0.39, 0.29) is 5.69 Å². The van der Waals surface area contributed by atoms with E-state index < -0.39 is 11.6 Å². The third kappa shape index (κ3) is 1.33. The van der Waals surface area contributed by atoms with Crippen molar-refractivity contribution in [2.45, 2.75) is 25.4 Å². The molecule has 1 aliphatic carbocycles. The Morgan fingerprint density at radius 2 is 2.31 bits per heavy atom. The Morgan fingerprint density at radius 3 is 2.85 bits per heavy atom. The summed E-state index contributed by atoms with van der Waals surface area (Å²) in [5, 5.41) is 18.3. The van der Waals surface area contributed by atoms with Crippen molar-refractivity contribution in [3.8, 4) is 0 Å². The molecule has 70 valence electrons. The van der Waals surface area contributed by atoms with Crippen LogP contribution in [0.2, 0.25) is 0 Å². The maximum atomic E-state index is 10.6. The lowest BCUT2D eigenvalue weighted by Gasteiger charge is -2.14. The Morgan fingerprint density at radius 1 is 1.62 bits per heavy atom. The molecule has 0 amide bonds. The van der Waals surface area contributed by atoms with Crippen LogP contribution in [0.15, 0.2) is 6.07 Å². The molecule has 0 bridgehead atoms. The van der Waals surface area contributed by atoms with E-state index in [0.717, 1.165) is 11.3 Å². The number of nitrogens with one attached hydrogen (secondary N) is 1. The molecule has 1 aromatic heterocycles. The molecule has 0 aliphatic heterocycles. The summed E-state index contributed by atoms with van der Waals surface area (Å²) in [4.78, 5) is 13.4. The molecule has 0 saturated heterocycles. The molecule has 1 unspecified atom stereocenters. The molecule has 13 heavy (non-hydrogen) atoms. The van der Waals surface area contributed by atoms with Gasteiger partial charge in [-0.05, 0) is 18.6 Å². The molecule has 3 N–H and O–H groups in total. The summed E-state index contributed by atoms with van der Waals surface area (Å²) in [5.41, 5.74) is 1.27. The second-order valence-electron chi connectivity index (χ2n) is 3.84. The van der Waals surface area contributed by atoms with Gasteiger partial charge in [0, 0.05) is 18.5 Å². The lowest BCUT2D eigenvalue weighted by Crippen LogP contribution is -2.24. The highest BCUT2D eigenvalue weighted by Gasteiger charge is 2.32. The molecule has 1 aromatic rings. The minimum atomic E-state index is -0.950. The van der Waals surface area contributed by atoms with Crippen LogP contribution in [0.5, 0.6) is 0 Å². The van der Waals surface area contributed by atoms with Crippen molar-refractivity contribution in [3.05, 3.63) is 23.0 Å². The predicted molar refractivity (Wildman–Crippen MR) is 45.8 cm³/mol. The smallest absolute Gasteiger partial charge is 0.352 e. The average Bonchev–Trinajstić information content (AvgIpc) is 2.39. The van der Waals surface area contributed by atoms with Crippen LogP contribution in [0.3, 0.4) is 0 Å². The molecule has 4 heteroatoms. The number of aromatic amines is 1. The lowest BCUT2D eigenvalue weighted by molar-refractivity contribution is 0.0668. The number of aromatic nitrogens is 1. The number of carboxylic acids is 1. The van der Waals surface area contributed by atoms with Crippen molar-refractivity contribution < 1.29 is 15.0 Å². The number of H-pyrrole nitrogens is 1. The van der Waals surface area contributed by atoms with Crippen LogP contribution in [0.1, 0.15) is 28.7 Å². The number of aromatic carboxylic acids is 1. The van der Waals surface area contributed by atoms with Gasteiger partial charge in [0.2, 0.25) is 0 Å². The fraction of sp³-hybridized carbons (Fsp3) is 0.444. The first kappa shape index (κ1) is 8.31. The summed E-state index contributed by atoms with van der Waals surface area (Å²) >= 11 is 0. The molecule has 0 spiro atoms. The van der Waals surface area contributed by atoms with Crippen LogP contribution in [0, 0.1) is 0 Å². The van der Waals surface area contributed by atoms with Gasteiger partial charge in [-0.2, -0.15) is 0 Å². The van der Waals surface area contributed by atoms with Crippen LogP contribution in [-0.2, 0) is 12.8 Å². The van der Waals surface area contributed by atoms with Crippen molar-refractivity contribution in [2.75, 3.05) is 0 Å². The average molecular weight is 181 g/mol. The quantitative estimate of drug-likeness (QED) is 0.592. The molecule has 1 atom stereocenters. The molecule has 2 rings (SSSR count). The monoisotopic (exact) mass is 181 g/mol. The first-order valence-electron chi connectivity index (χ1n) is 4.14. The summed E-state index contributed by atoms with van der Waals surface area (Å²) < 4.78 is 0. The Bertz CT molecular complexity index is 339. The van der Waals surface area contributed by atoms with E-state index in [1.54, 1.807) is 13.0 Å². The maximum Gasteiger partial charge on any atom is 0.352 e.